The highest BCUT2D eigenvalue weighted by molar-refractivity contribution is 5.52. The van der Waals surface area contributed by atoms with Crippen molar-refractivity contribution in [3.8, 4) is 0 Å². The quantitative estimate of drug-likeness (QED) is 0.692. The van der Waals surface area contributed by atoms with Gasteiger partial charge in [-0.2, -0.15) is 0 Å². The van der Waals surface area contributed by atoms with E-state index < -0.39 is 0 Å². The lowest BCUT2D eigenvalue weighted by molar-refractivity contribution is 0.373. The zero-order chi connectivity index (χ0) is 13.4. The summed E-state index contributed by atoms with van der Waals surface area (Å²) >= 11 is 0. The fraction of sp³-hybridized carbons (Fsp3) is 0.333. The summed E-state index contributed by atoms with van der Waals surface area (Å²) in [5.74, 6) is 0. The highest BCUT2D eigenvalue weighted by Gasteiger charge is 2.45. The normalized spacial score (nSPS) is 26.2. The van der Waals surface area contributed by atoms with Crippen LogP contribution in [0.1, 0.15) is 32.8 Å². The van der Waals surface area contributed by atoms with Gasteiger partial charge in [-0.3, -0.25) is 0 Å². The first kappa shape index (κ1) is 12.9. The van der Waals surface area contributed by atoms with Gasteiger partial charge in [-0.05, 0) is 28.5 Å². The Bertz CT molecular complexity index is 502. The molecular weight excluding hydrogens is 216 g/mol. The van der Waals surface area contributed by atoms with Crippen LogP contribution in [0.5, 0.6) is 0 Å². The molecular formula is C18H22. The van der Waals surface area contributed by atoms with E-state index in [4.69, 9.17) is 0 Å². The third-order valence-electron chi connectivity index (χ3n) is 4.23. The van der Waals surface area contributed by atoms with Gasteiger partial charge >= 0.3 is 0 Å². The van der Waals surface area contributed by atoms with E-state index in [-0.39, 0.29) is 10.8 Å². The zero-order valence-corrected chi connectivity index (χ0v) is 11.7. The summed E-state index contributed by atoms with van der Waals surface area (Å²) in [5.41, 5.74) is 4.24. The van der Waals surface area contributed by atoms with Gasteiger partial charge in [0, 0.05) is 5.41 Å². The molecule has 0 saturated heterocycles. The molecule has 1 atom stereocenters. The van der Waals surface area contributed by atoms with Gasteiger partial charge in [-0.1, -0.05) is 76.4 Å². The Morgan fingerprint density at radius 1 is 0.944 bits per heavy atom. The van der Waals surface area contributed by atoms with E-state index in [1.807, 2.05) is 12.2 Å². The van der Waals surface area contributed by atoms with Crippen LogP contribution in [0.4, 0.5) is 0 Å². The average molecular weight is 238 g/mol. The van der Waals surface area contributed by atoms with Crippen LogP contribution in [-0.2, 0) is 5.41 Å². The molecule has 0 heterocycles. The summed E-state index contributed by atoms with van der Waals surface area (Å²) in [6, 6.07) is 10.7. The van der Waals surface area contributed by atoms with Gasteiger partial charge in [0.15, 0.2) is 0 Å². The SMILES string of the molecule is C=CC1=C(C=C)C(C)(c2ccccc2)CC1(C)C. The molecule has 1 aromatic rings. The van der Waals surface area contributed by atoms with Gasteiger partial charge in [-0.25, -0.2) is 0 Å². The maximum absolute atomic E-state index is 4.02. The molecule has 0 fully saturated rings. The fourth-order valence-electron chi connectivity index (χ4n) is 3.52. The third-order valence-corrected chi connectivity index (χ3v) is 4.23. The van der Waals surface area contributed by atoms with Crippen molar-refractivity contribution in [2.75, 3.05) is 0 Å². The maximum Gasteiger partial charge on any atom is 0.0185 e. The smallest absolute Gasteiger partial charge is 0.0185 e. The number of hydrogen-bond donors (Lipinski definition) is 0. The molecule has 1 aliphatic carbocycles. The van der Waals surface area contributed by atoms with E-state index in [1.54, 1.807) is 0 Å². The summed E-state index contributed by atoms with van der Waals surface area (Å²) in [6.45, 7) is 14.9. The topological polar surface area (TPSA) is 0 Å². The average Bonchev–Trinajstić information content (AvgIpc) is 2.56. The highest BCUT2D eigenvalue weighted by Crippen LogP contribution is 2.54. The fourth-order valence-corrected chi connectivity index (χ4v) is 3.52. The monoisotopic (exact) mass is 238 g/mol. The van der Waals surface area contributed by atoms with Gasteiger partial charge < -0.3 is 0 Å². The summed E-state index contributed by atoms with van der Waals surface area (Å²) in [4.78, 5) is 0. The largest absolute Gasteiger partial charge is 0.0988 e. The molecule has 1 unspecified atom stereocenters. The Morgan fingerprint density at radius 2 is 1.50 bits per heavy atom. The zero-order valence-electron chi connectivity index (χ0n) is 11.7. The van der Waals surface area contributed by atoms with Crippen molar-refractivity contribution in [2.45, 2.75) is 32.6 Å². The van der Waals surface area contributed by atoms with E-state index in [0.717, 1.165) is 6.42 Å². The molecule has 0 aliphatic heterocycles. The molecule has 0 aromatic heterocycles. The van der Waals surface area contributed by atoms with Crippen molar-refractivity contribution in [3.63, 3.8) is 0 Å². The van der Waals surface area contributed by atoms with Crippen molar-refractivity contribution < 1.29 is 0 Å². The third kappa shape index (κ3) is 1.77. The lowest BCUT2D eigenvalue weighted by Crippen LogP contribution is -2.23. The first-order valence-electron chi connectivity index (χ1n) is 6.51. The van der Waals surface area contributed by atoms with Crippen molar-refractivity contribution in [1.82, 2.24) is 0 Å². The molecule has 2 rings (SSSR count). The standard InChI is InChI=1S/C18H22/c1-6-15-16(7-2)18(5,13-17(15,3)4)14-11-9-8-10-12-14/h6-12H,1-2,13H2,3-5H3. The first-order valence-corrected chi connectivity index (χ1v) is 6.51. The lowest BCUT2D eigenvalue weighted by atomic mass is 9.73. The van der Waals surface area contributed by atoms with Crippen LogP contribution in [0.3, 0.4) is 0 Å². The minimum Gasteiger partial charge on any atom is -0.0988 e. The molecule has 18 heavy (non-hydrogen) atoms. The Labute approximate surface area is 111 Å². The van der Waals surface area contributed by atoms with E-state index in [9.17, 15) is 0 Å². The van der Waals surface area contributed by atoms with Gasteiger partial charge in [0.25, 0.3) is 0 Å². The van der Waals surface area contributed by atoms with E-state index in [1.165, 1.54) is 16.7 Å². The molecule has 1 aromatic carbocycles. The Balaban J connectivity index is 2.64. The number of benzene rings is 1. The number of rotatable bonds is 3. The molecule has 1 aliphatic rings. The van der Waals surface area contributed by atoms with Crippen LogP contribution < -0.4 is 0 Å². The summed E-state index contributed by atoms with van der Waals surface area (Å²) in [6.07, 6.45) is 5.12. The van der Waals surface area contributed by atoms with E-state index in [0.29, 0.717) is 0 Å². The van der Waals surface area contributed by atoms with Crippen molar-refractivity contribution in [3.05, 3.63) is 72.4 Å². The minimum absolute atomic E-state index is 0.0516. The molecule has 94 valence electrons. The van der Waals surface area contributed by atoms with Crippen LogP contribution in [0.2, 0.25) is 0 Å². The van der Waals surface area contributed by atoms with Gasteiger partial charge in [0.1, 0.15) is 0 Å². The summed E-state index contributed by atoms with van der Waals surface area (Å²) in [7, 11) is 0. The van der Waals surface area contributed by atoms with Crippen LogP contribution in [-0.4, -0.2) is 0 Å². The van der Waals surface area contributed by atoms with Crippen LogP contribution in [0, 0.1) is 5.41 Å². The molecule has 0 N–H and O–H groups in total. The summed E-state index contributed by atoms with van der Waals surface area (Å²) in [5, 5.41) is 0. The van der Waals surface area contributed by atoms with Gasteiger partial charge in [0.2, 0.25) is 0 Å². The molecule has 0 heteroatoms. The van der Waals surface area contributed by atoms with E-state index in [2.05, 4.69) is 64.3 Å². The molecule has 0 saturated carbocycles. The first-order chi connectivity index (χ1) is 8.45. The van der Waals surface area contributed by atoms with Gasteiger partial charge in [0.05, 0.1) is 0 Å². The molecule has 0 radical (unpaired) electrons. The molecule has 0 spiro atoms. The van der Waals surface area contributed by atoms with Crippen molar-refractivity contribution in [1.29, 1.82) is 0 Å². The maximum atomic E-state index is 4.02. The predicted molar refractivity (Wildman–Crippen MR) is 79.6 cm³/mol. The van der Waals surface area contributed by atoms with E-state index >= 15 is 0 Å². The Hall–Kier alpha value is -1.56. The van der Waals surface area contributed by atoms with Crippen LogP contribution in [0.15, 0.2) is 66.8 Å². The highest BCUT2D eigenvalue weighted by atomic mass is 14.5. The molecule has 0 amide bonds. The number of hydrogen-bond acceptors (Lipinski definition) is 0. The Kier molecular flexibility index (Phi) is 3.06. The van der Waals surface area contributed by atoms with Crippen LogP contribution >= 0.6 is 0 Å². The van der Waals surface area contributed by atoms with Crippen molar-refractivity contribution in [2.24, 2.45) is 5.41 Å². The minimum atomic E-state index is 0.0516. The van der Waals surface area contributed by atoms with Crippen molar-refractivity contribution >= 4 is 0 Å². The molecule has 0 bridgehead atoms. The lowest BCUT2D eigenvalue weighted by Gasteiger charge is -2.30. The Morgan fingerprint density at radius 3 is 2.00 bits per heavy atom. The second kappa shape index (κ2) is 4.28. The predicted octanol–water partition coefficient (Wildman–Crippen LogP) is 5.04. The second-order valence-electron chi connectivity index (χ2n) is 5.99. The van der Waals surface area contributed by atoms with Crippen LogP contribution in [0.25, 0.3) is 0 Å². The number of allylic oxidation sites excluding steroid dienone is 4. The molecule has 0 nitrogen and oxygen atoms in total. The second-order valence-corrected chi connectivity index (χ2v) is 5.99. The summed E-state index contributed by atoms with van der Waals surface area (Å²) < 4.78 is 0. The van der Waals surface area contributed by atoms with Gasteiger partial charge in [-0.15, -0.1) is 0 Å².